The molecule has 0 aliphatic rings. The fraction of sp³-hybridized carbons (Fsp3) is 0.238. The van der Waals surface area contributed by atoms with Gasteiger partial charge in [0, 0.05) is 22.2 Å². The van der Waals surface area contributed by atoms with Gasteiger partial charge in [-0.2, -0.15) is 0 Å². The number of nitrogens with one attached hydrogen (secondary N) is 1. The van der Waals surface area contributed by atoms with Crippen LogP contribution in [0.4, 0.5) is 10.5 Å². The van der Waals surface area contributed by atoms with Crippen LogP contribution in [0.2, 0.25) is 0 Å². The lowest BCUT2D eigenvalue weighted by Crippen LogP contribution is -2.21. The van der Waals surface area contributed by atoms with Crippen molar-refractivity contribution < 1.29 is 29.3 Å². The third kappa shape index (κ3) is 7.59. The second-order valence-corrected chi connectivity index (χ2v) is 7.07. The number of carbonyl (C=O) groups is 2. The molecule has 0 aliphatic heterocycles. The van der Waals surface area contributed by atoms with E-state index in [9.17, 15) is 9.59 Å². The number of aliphatic carboxylic acids is 1. The minimum absolute atomic E-state index is 0.127. The minimum atomic E-state index is -1.09. The SMILES string of the molecule is C[C@@H](/C=C/C(=O)O)[C@@H](OC(=O)Nc1ccc(Br)cc1)c1cccc(OCCO)c1. The highest BCUT2D eigenvalue weighted by Gasteiger charge is 2.23. The Balaban J connectivity index is 2.21. The van der Waals surface area contributed by atoms with Crippen LogP contribution in [0.5, 0.6) is 5.75 Å². The summed E-state index contributed by atoms with van der Waals surface area (Å²) < 4.78 is 11.9. The van der Waals surface area contributed by atoms with Crippen LogP contribution in [0.25, 0.3) is 0 Å². The van der Waals surface area contributed by atoms with Crippen LogP contribution in [0, 0.1) is 5.92 Å². The summed E-state index contributed by atoms with van der Waals surface area (Å²) in [6.45, 7) is 1.75. The number of ether oxygens (including phenoxy) is 2. The summed E-state index contributed by atoms with van der Waals surface area (Å²) >= 11 is 3.33. The Hall–Kier alpha value is -2.84. The van der Waals surface area contributed by atoms with Crippen molar-refractivity contribution in [2.24, 2.45) is 5.92 Å². The van der Waals surface area contributed by atoms with Gasteiger partial charge in [-0.25, -0.2) is 9.59 Å². The predicted octanol–water partition coefficient (Wildman–Crippen LogP) is 4.39. The van der Waals surface area contributed by atoms with Gasteiger partial charge in [0.2, 0.25) is 0 Å². The summed E-state index contributed by atoms with van der Waals surface area (Å²) in [5.74, 6) is -1.00. The molecule has 0 bridgehead atoms. The number of hydrogen-bond donors (Lipinski definition) is 3. The number of carboxylic acids is 1. The van der Waals surface area contributed by atoms with Crippen molar-refractivity contribution in [1.29, 1.82) is 0 Å². The molecule has 0 saturated heterocycles. The van der Waals surface area contributed by atoms with Gasteiger partial charge in [-0.05, 0) is 42.0 Å². The lowest BCUT2D eigenvalue weighted by molar-refractivity contribution is -0.131. The monoisotopic (exact) mass is 463 g/mol. The van der Waals surface area contributed by atoms with Crippen LogP contribution >= 0.6 is 15.9 Å². The zero-order valence-electron chi connectivity index (χ0n) is 15.7. The van der Waals surface area contributed by atoms with Crippen molar-refractivity contribution in [2.75, 3.05) is 18.5 Å². The van der Waals surface area contributed by atoms with E-state index in [2.05, 4.69) is 21.2 Å². The maximum absolute atomic E-state index is 12.4. The minimum Gasteiger partial charge on any atom is -0.491 e. The number of amides is 1. The molecule has 0 radical (unpaired) electrons. The zero-order valence-corrected chi connectivity index (χ0v) is 17.3. The van der Waals surface area contributed by atoms with E-state index < -0.39 is 24.1 Å². The largest absolute Gasteiger partial charge is 0.491 e. The summed E-state index contributed by atoms with van der Waals surface area (Å²) in [5.41, 5.74) is 1.19. The molecule has 2 aromatic carbocycles. The lowest BCUT2D eigenvalue weighted by Gasteiger charge is -2.23. The lowest BCUT2D eigenvalue weighted by atomic mass is 9.96. The molecule has 154 valence electrons. The second-order valence-electron chi connectivity index (χ2n) is 6.16. The second kappa shape index (κ2) is 11.2. The molecule has 2 rings (SSSR count). The molecule has 0 aromatic heterocycles. The fourth-order valence-corrected chi connectivity index (χ4v) is 2.82. The summed E-state index contributed by atoms with van der Waals surface area (Å²) in [4.78, 5) is 23.3. The highest BCUT2D eigenvalue weighted by atomic mass is 79.9. The molecular formula is C21H22BrNO6. The molecule has 0 saturated carbocycles. The van der Waals surface area contributed by atoms with Crippen LogP contribution in [0.3, 0.4) is 0 Å². The Bertz CT molecular complexity index is 853. The molecule has 2 aromatic rings. The molecule has 8 heteroatoms. The van der Waals surface area contributed by atoms with Gasteiger partial charge in [0.15, 0.2) is 0 Å². The van der Waals surface area contributed by atoms with Crippen LogP contribution in [0.1, 0.15) is 18.6 Å². The van der Waals surface area contributed by atoms with Gasteiger partial charge in [-0.1, -0.05) is 41.1 Å². The molecule has 7 nitrogen and oxygen atoms in total. The van der Waals surface area contributed by atoms with Gasteiger partial charge in [-0.3, -0.25) is 5.32 Å². The summed E-state index contributed by atoms with van der Waals surface area (Å²) in [6.07, 6.45) is 1.05. The standard InChI is InChI=1S/C21H22BrNO6/c1-14(5-10-19(25)26)20(15-3-2-4-18(13-15)28-12-11-24)29-21(27)23-17-8-6-16(22)7-9-17/h2-10,13-14,20,24H,11-12H2,1H3,(H,23,27)(H,25,26)/b10-5+/t14-,20+/m0/s1. The third-order valence-corrected chi connectivity index (χ3v) is 4.42. The van der Waals surface area contributed by atoms with E-state index in [-0.39, 0.29) is 13.2 Å². The molecule has 2 atom stereocenters. The smallest absolute Gasteiger partial charge is 0.412 e. The van der Waals surface area contributed by atoms with Crippen molar-refractivity contribution in [3.8, 4) is 5.75 Å². The number of aliphatic hydroxyl groups excluding tert-OH is 1. The van der Waals surface area contributed by atoms with Crippen molar-refractivity contribution in [3.05, 3.63) is 70.7 Å². The first-order valence-corrected chi connectivity index (χ1v) is 9.66. The molecule has 0 heterocycles. The van der Waals surface area contributed by atoms with E-state index in [1.54, 1.807) is 55.5 Å². The van der Waals surface area contributed by atoms with Gasteiger partial charge in [0.25, 0.3) is 0 Å². The van der Waals surface area contributed by atoms with Crippen LogP contribution in [-0.2, 0) is 9.53 Å². The quantitative estimate of drug-likeness (QED) is 0.476. The van der Waals surface area contributed by atoms with E-state index in [1.807, 2.05) is 0 Å². The highest BCUT2D eigenvalue weighted by Crippen LogP contribution is 2.30. The van der Waals surface area contributed by atoms with E-state index in [0.717, 1.165) is 10.5 Å². The summed E-state index contributed by atoms with van der Waals surface area (Å²) in [5, 5.41) is 20.5. The Morgan fingerprint density at radius 2 is 1.93 bits per heavy atom. The highest BCUT2D eigenvalue weighted by molar-refractivity contribution is 9.10. The third-order valence-electron chi connectivity index (χ3n) is 3.89. The van der Waals surface area contributed by atoms with Crippen molar-refractivity contribution in [3.63, 3.8) is 0 Å². The first-order chi connectivity index (χ1) is 13.9. The van der Waals surface area contributed by atoms with Gasteiger partial charge in [0.1, 0.15) is 18.5 Å². The van der Waals surface area contributed by atoms with Gasteiger partial charge in [0.05, 0.1) is 6.61 Å². The zero-order chi connectivity index (χ0) is 21.2. The number of hydrogen-bond acceptors (Lipinski definition) is 5. The first-order valence-electron chi connectivity index (χ1n) is 8.87. The average molecular weight is 464 g/mol. The maximum atomic E-state index is 12.4. The molecule has 3 N–H and O–H groups in total. The topological polar surface area (TPSA) is 105 Å². The normalized spacial score (nSPS) is 12.9. The molecule has 0 unspecified atom stereocenters. The Kier molecular flexibility index (Phi) is 8.69. The molecule has 0 fully saturated rings. The van der Waals surface area contributed by atoms with E-state index in [0.29, 0.717) is 17.0 Å². The number of carbonyl (C=O) groups excluding carboxylic acids is 1. The molecule has 29 heavy (non-hydrogen) atoms. The number of rotatable bonds is 9. The van der Waals surface area contributed by atoms with Crippen LogP contribution in [-0.4, -0.2) is 35.5 Å². The van der Waals surface area contributed by atoms with Gasteiger partial charge < -0.3 is 19.7 Å². The average Bonchev–Trinajstić information content (AvgIpc) is 2.70. The molecule has 0 aliphatic carbocycles. The maximum Gasteiger partial charge on any atom is 0.412 e. The summed E-state index contributed by atoms with van der Waals surface area (Å²) in [7, 11) is 0. The number of carboxylic acid groups (broad SMARTS) is 1. The fourth-order valence-electron chi connectivity index (χ4n) is 2.55. The predicted molar refractivity (Wildman–Crippen MR) is 112 cm³/mol. The van der Waals surface area contributed by atoms with Gasteiger partial charge >= 0.3 is 12.1 Å². The molecule has 0 spiro atoms. The number of aliphatic hydroxyl groups is 1. The molecule has 1 amide bonds. The number of benzene rings is 2. The van der Waals surface area contributed by atoms with E-state index >= 15 is 0 Å². The Morgan fingerprint density at radius 3 is 2.59 bits per heavy atom. The van der Waals surface area contributed by atoms with Crippen molar-refractivity contribution in [1.82, 2.24) is 0 Å². The van der Waals surface area contributed by atoms with Crippen LogP contribution < -0.4 is 10.1 Å². The van der Waals surface area contributed by atoms with E-state index in [4.69, 9.17) is 19.7 Å². The Morgan fingerprint density at radius 1 is 1.21 bits per heavy atom. The van der Waals surface area contributed by atoms with Crippen molar-refractivity contribution >= 4 is 33.7 Å². The first kappa shape index (κ1) is 22.4. The van der Waals surface area contributed by atoms with Gasteiger partial charge in [-0.15, -0.1) is 0 Å². The number of anilines is 1. The van der Waals surface area contributed by atoms with Crippen molar-refractivity contribution in [2.45, 2.75) is 13.0 Å². The number of halogens is 1. The summed E-state index contributed by atoms with van der Waals surface area (Å²) in [6, 6.07) is 13.9. The Labute approximate surface area is 177 Å². The van der Waals surface area contributed by atoms with E-state index in [1.165, 1.54) is 6.08 Å². The molecular weight excluding hydrogens is 442 g/mol. The van der Waals surface area contributed by atoms with Crippen LogP contribution in [0.15, 0.2) is 65.2 Å².